The summed E-state index contributed by atoms with van der Waals surface area (Å²) in [4.78, 5) is 11.8. The van der Waals surface area contributed by atoms with Crippen molar-refractivity contribution < 1.29 is 4.74 Å². The quantitative estimate of drug-likeness (QED) is 0.820. The molecule has 0 saturated heterocycles. The van der Waals surface area contributed by atoms with Crippen LogP contribution in [0.3, 0.4) is 0 Å². The first kappa shape index (κ1) is 12.1. The van der Waals surface area contributed by atoms with Gasteiger partial charge in [-0.25, -0.2) is 0 Å². The predicted molar refractivity (Wildman–Crippen MR) is 69.4 cm³/mol. The number of rotatable bonds is 5. The van der Waals surface area contributed by atoms with Crippen molar-refractivity contribution in [3.63, 3.8) is 0 Å². The summed E-state index contributed by atoms with van der Waals surface area (Å²) in [6.07, 6.45) is 0.884. The van der Waals surface area contributed by atoms with Crippen molar-refractivity contribution in [2.75, 3.05) is 24.7 Å². The van der Waals surface area contributed by atoms with Gasteiger partial charge in [0.2, 0.25) is 11.9 Å². The molecule has 0 atom stereocenters. The van der Waals surface area contributed by atoms with Gasteiger partial charge in [0.15, 0.2) is 0 Å². The minimum absolute atomic E-state index is 0.143. The molecule has 94 valence electrons. The second-order valence-electron chi connectivity index (χ2n) is 3.67. The van der Waals surface area contributed by atoms with Crippen LogP contribution in [-0.4, -0.2) is 28.6 Å². The lowest BCUT2D eigenvalue weighted by molar-refractivity contribution is 0.379. The number of nitrogen functional groups attached to an aromatic ring is 1. The van der Waals surface area contributed by atoms with Gasteiger partial charge in [0.25, 0.3) is 0 Å². The molecule has 0 aliphatic rings. The first-order valence-electron chi connectivity index (χ1n) is 5.61. The lowest BCUT2D eigenvalue weighted by atomic mass is 10.1. The van der Waals surface area contributed by atoms with Crippen molar-refractivity contribution in [3.8, 4) is 6.01 Å². The first-order chi connectivity index (χ1) is 8.78. The molecule has 0 aliphatic carbocycles. The fraction of sp³-hybridized carbons (Fsp3) is 0.250. The van der Waals surface area contributed by atoms with Crippen LogP contribution in [-0.2, 0) is 6.42 Å². The number of nitrogens with one attached hydrogen (secondary N) is 1. The molecule has 2 aromatic rings. The average Bonchev–Trinajstić information content (AvgIpc) is 2.39. The molecule has 6 nitrogen and oxygen atoms in total. The van der Waals surface area contributed by atoms with E-state index in [1.165, 1.54) is 12.7 Å². The monoisotopic (exact) mass is 245 g/mol. The molecule has 1 aromatic heterocycles. The van der Waals surface area contributed by atoms with Crippen LogP contribution in [0.5, 0.6) is 6.01 Å². The zero-order valence-electron chi connectivity index (χ0n) is 10.1. The first-order valence-corrected chi connectivity index (χ1v) is 5.61. The van der Waals surface area contributed by atoms with Crippen LogP contribution in [0.15, 0.2) is 30.3 Å². The topological polar surface area (TPSA) is 86.0 Å². The fourth-order valence-corrected chi connectivity index (χ4v) is 1.51. The maximum absolute atomic E-state index is 5.54. The number of anilines is 2. The van der Waals surface area contributed by atoms with Gasteiger partial charge in [0, 0.05) is 6.54 Å². The summed E-state index contributed by atoms with van der Waals surface area (Å²) in [6, 6.07) is 10.4. The number of aromatic nitrogens is 3. The van der Waals surface area contributed by atoms with Crippen LogP contribution in [0.25, 0.3) is 0 Å². The van der Waals surface area contributed by atoms with E-state index in [0.29, 0.717) is 5.95 Å². The number of nitrogens with zero attached hydrogens (tertiary/aromatic N) is 3. The molecule has 0 spiro atoms. The maximum atomic E-state index is 5.54. The summed E-state index contributed by atoms with van der Waals surface area (Å²) in [5.41, 5.74) is 6.78. The molecule has 1 aromatic carbocycles. The molecule has 2 rings (SSSR count). The highest BCUT2D eigenvalue weighted by atomic mass is 16.5. The summed E-state index contributed by atoms with van der Waals surface area (Å²) in [5, 5.41) is 3.09. The Bertz CT molecular complexity index is 503. The second-order valence-corrected chi connectivity index (χ2v) is 3.67. The molecule has 0 fully saturated rings. The van der Waals surface area contributed by atoms with Crippen LogP contribution in [0, 0.1) is 0 Å². The summed E-state index contributed by atoms with van der Waals surface area (Å²) >= 11 is 0. The number of ether oxygens (including phenoxy) is 1. The highest BCUT2D eigenvalue weighted by Gasteiger charge is 2.03. The minimum Gasteiger partial charge on any atom is -0.467 e. The highest BCUT2D eigenvalue weighted by Crippen LogP contribution is 2.08. The van der Waals surface area contributed by atoms with E-state index in [1.807, 2.05) is 18.2 Å². The third kappa shape index (κ3) is 3.31. The van der Waals surface area contributed by atoms with E-state index >= 15 is 0 Å². The summed E-state index contributed by atoms with van der Waals surface area (Å²) < 4.78 is 4.92. The lowest BCUT2D eigenvalue weighted by Crippen LogP contribution is -2.10. The van der Waals surface area contributed by atoms with Gasteiger partial charge < -0.3 is 15.8 Å². The van der Waals surface area contributed by atoms with Gasteiger partial charge in [-0.05, 0) is 12.0 Å². The maximum Gasteiger partial charge on any atom is 0.322 e. The van der Waals surface area contributed by atoms with Crippen LogP contribution in [0.1, 0.15) is 5.56 Å². The number of benzene rings is 1. The molecule has 3 N–H and O–H groups in total. The molecule has 0 bridgehead atoms. The molecule has 0 radical (unpaired) electrons. The third-order valence-corrected chi connectivity index (χ3v) is 2.35. The van der Waals surface area contributed by atoms with Crippen molar-refractivity contribution in [1.29, 1.82) is 0 Å². The van der Waals surface area contributed by atoms with Gasteiger partial charge in [-0.3, -0.25) is 0 Å². The van der Waals surface area contributed by atoms with Gasteiger partial charge in [-0.1, -0.05) is 30.3 Å². The van der Waals surface area contributed by atoms with Crippen molar-refractivity contribution in [2.24, 2.45) is 0 Å². The molecule has 6 heteroatoms. The van der Waals surface area contributed by atoms with Crippen molar-refractivity contribution in [3.05, 3.63) is 35.9 Å². The summed E-state index contributed by atoms with van der Waals surface area (Å²) in [5.74, 6) is 0.569. The molecule has 0 unspecified atom stereocenters. The molecular weight excluding hydrogens is 230 g/mol. The van der Waals surface area contributed by atoms with E-state index in [-0.39, 0.29) is 12.0 Å². The summed E-state index contributed by atoms with van der Waals surface area (Å²) in [7, 11) is 1.49. The van der Waals surface area contributed by atoms with Crippen molar-refractivity contribution in [1.82, 2.24) is 15.0 Å². The lowest BCUT2D eigenvalue weighted by Gasteiger charge is -2.06. The zero-order chi connectivity index (χ0) is 12.8. The van der Waals surface area contributed by atoms with Crippen molar-refractivity contribution >= 4 is 11.9 Å². The SMILES string of the molecule is COc1nc(N)nc(NCCc2ccccc2)n1. The van der Waals surface area contributed by atoms with Crippen LogP contribution in [0.2, 0.25) is 0 Å². The number of nitrogens with two attached hydrogens (primary N) is 1. The number of methoxy groups -OCH3 is 1. The van der Waals surface area contributed by atoms with E-state index in [9.17, 15) is 0 Å². The Balaban J connectivity index is 1.92. The standard InChI is InChI=1S/C12H15N5O/c1-18-12-16-10(13)15-11(17-12)14-8-7-9-5-3-2-4-6-9/h2-6H,7-8H2,1H3,(H3,13,14,15,16,17). The molecule has 0 aliphatic heterocycles. The molecule has 18 heavy (non-hydrogen) atoms. The van der Waals surface area contributed by atoms with Crippen molar-refractivity contribution in [2.45, 2.75) is 6.42 Å². The Morgan fingerprint density at radius 3 is 2.67 bits per heavy atom. The van der Waals surface area contributed by atoms with Gasteiger partial charge in [-0.15, -0.1) is 0 Å². The highest BCUT2D eigenvalue weighted by molar-refractivity contribution is 5.32. The van der Waals surface area contributed by atoms with Gasteiger partial charge >= 0.3 is 6.01 Å². The van der Waals surface area contributed by atoms with E-state index in [4.69, 9.17) is 10.5 Å². The molecular formula is C12H15N5O. The largest absolute Gasteiger partial charge is 0.467 e. The van der Waals surface area contributed by atoms with E-state index in [1.54, 1.807) is 0 Å². The smallest absolute Gasteiger partial charge is 0.322 e. The minimum atomic E-state index is 0.143. The fourth-order valence-electron chi connectivity index (χ4n) is 1.51. The Hall–Kier alpha value is -2.37. The van der Waals surface area contributed by atoms with Gasteiger partial charge in [-0.2, -0.15) is 15.0 Å². The molecule has 0 saturated carbocycles. The van der Waals surface area contributed by atoms with E-state index in [2.05, 4.69) is 32.4 Å². The Labute approximate surface area is 105 Å². The molecule has 1 heterocycles. The Kier molecular flexibility index (Phi) is 3.90. The average molecular weight is 245 g/mol. The zero-order valence-corrected chi connectivity index (χ0v) is 10.1. The Morgan fingerprint density at radius 2 is 1.94 bits per heavy atom. The van der Waals surface area contributed by atoms with Crippen LogP contribution >= 0.6 is 0 Å². The van der Waals surface area contributed by atoms with Gasteiger partial charge in [0.05, 0.1) is 7.11 Å². The second kappa shape index (κ2) is 5.81. The predicted octanol–water partition coefficient (Wildman–Crippen LogP) is 1.12. The van der Waals surface area contributed by atoms with Crippen LogP contribution < -0.4 is 15.8 Å². The summed E-state index contributed by atoms with van der Waals surface area (Å²) in [6.45, 7) is 0.719. The number of hydrogen-bond acceptors (Lipinski definition) is 6. The number of hydrogen-bond donors (Lipinski definition) is 2. The third-order valence-electron chi connectivity index (χ3n) is 2.35. The normalized spacial score (nSPS) is 10.1. The van der Waals surface area contributed by atoms with Crippen LogP contribution in [0.4, 0.5) is 11.9 Å². The van der Waals surface area contributed by atoms with Gasteiger partial charge in [0.1, 0.15) is 0 Å². The van der Waals surface area contributed by atoms with E-state index in [0.717, 1.165) is 13.0 Å². The Morgan fingerprint density at radius 1 is 1.17 bits per heavy atom. The van der Waals surface area contributed by atoms with E-state index < -0.39 is 0 Å². The molecule has 0 amide bonds.